The molecule has 4 nitrogen and oxygen atoms in total. The van der Waals surface area contributed by atoms with E-state index in [9.17, 15) is 4.79 Å². The molecule has 1 amide bonds. The number of carbonyl (C=O) groups is 1. The summed E-state index contributed by atoms with van der Waals surface area (Å²) in [5.74, 6) is 0.514. The first-order valence-electron chi connectivity index (χ1n) is 5.80. The van der Waals surface area contributed by atoms with Crippen LogP contribution in [0.1, 0.15) is 12.0 Å². The number of aromatic nitrogens is 1. The number of anilines is 2. The predicted octanol–water partition coefficient (Wildman–Crippen LogP) is 2.24. The molecule has 0 aliphatic heterocycles. The van der Waals surface area contributed by atoms with E-state index in [1.807, 2.05) is 30.3 Å². The lowest BCUT2D eigenvalue weighted by Crippen LogP contribution is -2.13. The molecule has 2 rings (SSSR count). The Balaban J connectivity index is 1.88. The minimum absolute atomic E-state index is 0.0584. The van der Waals surface area contributed by atoms with Crippen LogP contribution in [0.4, 0.5) is 11.5 Å². The standard InChI is InChI=1S/C14H15N3O/c15-12-6-2-1-5-11(12)8-9-14(18)17-13-7-3-4-10-16-13/h1-7,10H,8-9,15H2,(H,16,17,18). The molecule has 2 aromatic rings. The maximum absolute atomic E-state index is 11.7. The number of pyridine rings is 1. The molecule has 1 aromatic heterocycles. The third kappa shape index (κ3) is 3.31. The van der Waals surface area contributed by atoms with Crippen LogP contribution in [0, 0.1) is 0 Å². The molecule has 92 valence electrons. The van der Waals surface area contributed by atoms with Crippen molar-refractivity contribution in [3.63, 3.8) is 0 Å². The number of hydrogen-bond donors (Lipinski definition) is 2. The smallest absolute Gasteiger partial charge is 0.225 e. The van der Waals surface area contributed by atoms with Crippen molar-refractivity contribution in [1.29, 1.82) is 0 Å². The topological polar surface area (TPSA) is 68.0 Å². The summed E-state index contributed by atoms with van der Waals surface area (Å²) in [6.45, 7) is 0. The summed E-state index contributed by atoms with van der Waals surface area (Å²) in [5, 5.41) is 2.74. The second-order valence-corrected chi connectivity index (χ2v) is 3.96. The van der Waals surface area contributed by atoms with Gasteiger partial charge in [0.05, 0.1) is 0 Å². The van der Waals surface area contributed by atoms with Gasteiger partial charge in [-0.15, -0.1) is 0 Å². The van der Waals surface area contributed by atoms with Gasteiger partial charge in [0.15, 0.2) is 0 Å². The third-order valence-electron chi connectivity index (χ3n) is 2.61. The van der Waals surface area contributed by atoms with Crippen molar-refractivity contribution in [3.8, 4) is 0 Å². The number of para-hydroxylation sites is 1. The highest BCUT2D eigenvalue weighted by molar-refractivity contribution is 5.89. The van der Waals surface area contributed by atoms with Crippen LogP contribution in [0.15, 0.2) is 48.7 Å². The number of amides is 1. The first-order chi connectivity index (χ1) is 8.75. The van der Waals surface area contributed by atoms with Gasteiger partial charge in [-0.3, -0.25) is 4.79 Å². The maximum Gasteiger partial charge on any atom is 0.225 e. The number of rotatable bonds is 4. The monoisotopic (exact) mass is 241 g/mol. The van der Waals surface area contributed by atoms with Gasteiger partial charge < -0.3 is 11.1 Å². The van der Waals surface area contributed by atoms with Gasteiger partial charge in [0.2, 0.25) is 5.91 Å². The fourth-order valence-electron chi connectivity index (χ4n) is 1.65. The molecule has 0 atom stereocenters. The molecular weight excluding hydrogens is 226 g/mol. The summed E-state index contributed by atoms with van der Waals surface area (Å²) in [7, 11) is 0. The second-order valence-electron chi connectivity index (χ2n) is 3.96. The summed E-state index contributed by atoms with van der Waals surface area (Å²) >= 11 is 0. The number of carbonyl (C=O) groups excluding carboxylic acids is 1. The van der Waals surface area contributed by atoms with E-state index in [0.29, 0.717) is 18.7 Å². The van der Waals surface area contributed by atoms with Crippen molar-refractivity contribution in [2.45, 2.75) is 12.8 Å². The number of benzene rings is 1. The fraction of sp³-hybridized carbons (Fsp3) is 0.143. The number of nitrogens with two attached hydrogens (primary N) is 1. The lowest BCUT2D eigenvalue weighted by Gasteiger charge is -2.06. The number of hydrogen-bond acceptors (Lipinski definition) is 3. The van der Waals surface area contributed by atoms with E-state index in [4.69, 9.17) is 5.73 Å². The zero-order chi connectivity index (χ0) is 12.8. The van der Waals surface area contributed by atoms with E-state index in [1.54, 1.807) is 18.3 Å². The van der Waals surface area contributed by atoms with Crippen molar-refractivity contribution in [1.82, 2.24) is 4.98 Å². The Kier molecular flexibility index (Phi) is 3.91. The highest BCUT2D eigenvalue weighted by Crippen LogP contribution is 2.13. The fourth-order valence-corrected chi connectivity index (χ4v) is 1.65. The van der Waals surface area contributed by atoms with Gasteiger partial charge in [0.25, 0.3) is 0 Å². The summed E-state index contributed by atoms with van der Waals surface area (Å²) in [6.07, 6.45) is 2.67. The Hall–Kier alpha value is -2.36. The van der Waals surface area contributed by atoms with E-state index < -0.39 is 0 Å². The van der Waals surface area contributed by atoms with E-state index in [-0.39, 0.29) is 5.91 Å². The third-order valence-corrected chi connectivity index (χ3v) is 2.61. The summed E-state index contributed by atoms with van der Waals surface area (Å²) in [6, 6.07) is 13.0. The molecule has 0 unspecified atom stereocenters. The van der Waals surface area contributed by atoms with Crippen molar-refractivity contribution in [2.24, 2.45) is 0 Å². The molecule has 0 saturated carbocycles. The van der Waals surface area contributed by atoms with Gasteiger partial charge in [-0.05, 0) is 30.2 Å². The van der Waals surface area contributed by atoms with Gasteiger partial charge in [-0.1, -0.05) is 24.3 Å². The predicted molar refractivity (Wildman–Crippen MR) is 72.0 cm³/mol. The SMILES string of the molecule is Nc1ccccc1CCC(=O)Nc1ccccn1. The minimum Gasteiger partial charge on any atom is -0.399 e. The lowest BCUT2D eigenvalue weighted by molar-refractivity contribution is -0.116. The zero-order valence-electron chi connectivity index (χ0n) is 9.97. The van der Waals surface area contributed by atoms with Crippen LogP contribution in [0.5, 0.6) is 0 Å². The molecule has 0 saturated heterocycles. The van der Waals surface area contributed by atoms with Crippen LogP contribution < -0.4 is 11.1 Å². The molecule has 0 fully saturated rings. The summed E-state index contributed by atoms with van der Waals surface area (Å²) in [5.41, 5.74) is 7.53. The van der Waals surface area contributed by atoms with Gasteiger partial charge in [-0.25, -0.2) is 4.98 Å². The molecule has 0 radical (unpaired) electrons. The van der Waals surface area contributed by atoms with Crippen LogP contribution in [-0.2, 0) is 11.2 Å². The van der Waals surface area contributed by atoms with E-state index in [0.717, 1.165) is 11.3 Å². The van der Waals surface area contributed by atoms with Crippen LogP contribution in [-0.4, -0.2) is 10.9 Å². The van der Waals surface area contributed by atoms with Gasteiger partial charge in [-0.2, -0.15) is 0 Å². The molecule has 0 aliphatic rings. The molecule has 3 N–H and O–H groups in total. The highest BCUT2D eigenvalue weighted by Gasteiger charge is 2.05. The largest absolute Gasteiger partial charge is 0.399 e. The molecule has 0 spiro atoms. The average Bonchev–Trinajstić information content (AvgIpc) is 2.39. The van der Waals surface area contributed by atoms with Crippen molar-refractivity contribution >= 4 is 17.4 Å². The molecule has 1 aromatic carbocycles. The van der Waals surface area contributed by atoms with Crippen LogP contribution in [0.3, 0.4) is 0 Å². The van der Waals surface area contributed by atoms with Crippen LogP contribution in [0.2, 0.25) is 0 Å². The lowest BCUT2D eigenvalue weighted by atomic mass is 10.1. The van der Waals surface area contributed by atoms with E-state index in [2.05, 4.69) is 10.3 Å². The van der Waals surface area contributed by atoms with Gasteiger partial charge in [0.1, 0.15) is 5.82 Å². The number of aryl methyl sites for hydroxylation is 1. The Morgan fingerprint density at radius 1 is 1.17 bits per heavy atom. The molecule has 0 aliphatic carbocycles. The molecular formula is C14H15N3O. The molecule has 4 heteroatoms. The van der Waals surface area contributed by atoms with Crippen LogP contribution in [0.25, 0.3) is 0 Å². The van der Waals surface area contributed by atoms with Crippen molar-refractivity contribution in [3.05, 3.63) is 54.2 Å². The Morgan fingerprint density at radius 2 is 1.94 bits per heavy atom. The second kappa shape index (κ2) is 5.82. The Bertz CT molecular complexity index is 526. The number of nitrogens with one attached hydrogen (secondary N) is 1. The van der Waals surface area contributed by atoms with Gasteiger partial charge >= 0.3 is 0 Å². The molecule has 18 heavy (non-hydrogen) atoms. The summed E-state index contributed by atoms with van der Waals surface area (Å²) in [4.78, 5) is 15.7. The zero-order valence-corrected chi connectivity index (χ0v) is 9.97. The Morgan fingerprint density at radius 3 is 2.67 bits per heavy atom. The van der Waals surface area contributed by atoms with E-state index >= 15 is 0 Å². The molecule has 1 heterocycles. The van der Waals surface area contributed by atoms with Crippen molar-refractivity contribution < 1.29 is 4.79 Å². The first-order valence-corrected chi connectivity index (χ1v) is 5.80. The summed E-state index contributed by atoms with van der Waals surface area (Å²) < 4.78 is 0. The Labute approximate surface area is 106 Å². The quantitative estimate of drug-likeness (QED) is 0.806. The average molecular weight is 241 g/mol. The van der Waals surface area contributed by atoms with Gasteiger partial charge in [0, 0.05) is 18.3 Å². The van der Waals surface area contributed by atoms with E-state index in [1.165, 1.54) is 0 Å². The number of nitrogens with zero attached hydrogens (tertiary/aromatic N) is 1. The maximum atomic E-state index is 11.7. The first kappa shape index (κ1) is 12.1. The highest BCUT2D eigenvalue weighted by atomic mass is 16.1. The van der Waals surface area contributed by atoms with Crippen LogP contribution >= 0.6 is 0 Å². The number of nitrogen functional groups attached to an aromatic ring is 1. The normalized spacial score (nSPS) is 10.0. The van der Waals surface area contributed by atoms with Crippen molar-refractivity contribution in [2.75, 3.05) is 11.1 Å². The minimum atomic E-state index is -0.0584. The molecule has 0 bridgehead atoms.